The molecule has 0 bridgehead atoms. The number of hydrogen-bond donors (Lipinski definition) is 1. The second kappa shape index (κ2) is 4.02. The Morgan fingerprint density at radius 3 is 3.08 bits per heavy atom. The van der Waals surface area contributed by atoms with Crippen LogP contribution in [0.5, 0.6) is 0 Å². The average Bonchev–Trinajstić information content (AvgIpc) is 2.09. The van der Waals surface area contributed by atoms with Crippen molar-refractivity contribution in [1.82, 2.24) is 5.43 Å². The number of nitrogens with one attached hydrogen (secondary N) is 1. The molecule has 1 amide bonds. The maximum Gasteiger partial charge on any atom is 0.315 e. The zero-order valence-corrected chi connectivity index (χ0v) is 7.66. The van der Waals surface area contributed by atoms with E-state index in [9.17, 15) is 9.59 Å². The third-order valence-electron chi connectivity index (χ3n) is 1.82. The molecule has 5 nitrogen and oxygen atoms in total. The Balaban J connectivity index is 2.67. The lowest BCUT2D eigenvalue weighted by Gasteiger charge is -2.18. The average molecular weight is 184 g/mol. The zero-order valence-electron chi connectivity index (χ0n) is 7.66. The van der Waals surface area contributed by atoms with Crippen molar-refractivity contribution in [2.45, 2.75) is 20.3 Å². The van der Waals surface area contributed by atoms with Crippen LogP contribution in [0.1, 0.15) is 20.3 Å². The molecule has 13 heavy (non-hydrogen) atoms. The van der Waals surface area contributed by atoms with Crippen LogP contribution in [0, 0.1) is 5.92 Å². The van der Waals surface area contributed by atoms with Crippen LogP contribution in [0.25, 0.3) is 0 Å². The highest BCUT2D eigenvalue weighted by atomic mass is 16.5. The van der Waals surface area contributed by atoms with Crippen LogP contribution in [-0.2, 0) is 14.3 Å². The van der Waals surface area contributed by atoms with Gasteiger partial charge in [-0.15, -0.1) is 0 Å². The van der Waals surface area contributed by atoms with Crippen molar-refractivity contribution in [2.24, 2.45) is 11.0 Å². The highest BCUT2D eigenvalue weighted by Gasteiger charge is 2.28. The molecule has 0 aliphatic carbocycles. The van der Waals surface area contributed by atoms with Gasteiger partial charge in [-0.1, -0.05) is 0 Å². The number of nitrogens with zero attached hydrogens (tertiary/aromatic N) is 1. The van der Waals surface area contributed by atoms with Gasteiger partial charge in [-0.05, 0) is 13.8 Å². The molecule has 0 aromatic carbocycles. The third kappa shape index (κ3) is 2.27. The number of carbonyl (C=O) groups is 2. The first-order chi connectivity index (χ1) is 6.15. The van der Waals surface area contributed by atoms with E-state index in [4.69, 9.17) is 4.74 Å². The molecule has 0 spiro atoms. The molecule has 0 aromatic heterocycles. The maximum atomic E-state index is 11.3. The van der Waals surface area contributed by atoms with Crippen LogP contribution in [0.15, 0.2) is 5.10 Å². The van der Waals surface area contributed by atoms with Gasteiger partial charge in [0.1, 0.15) is 5.92 Å². The van der Waals surface area contributed by atoms with Gasteiger partial charge < -0.3 is 4.74 Å². The van der Waals surface area contributed by atoms with E-state index in [1.807, 2.05) is 0 Å². The fourth-order valence-electron chi connectivity index (χ4n) is 1.10. The smallest absolute Gasteiger partial charge is 0.315 e. The molecule has 1 aliphatic heterocycles. The van der Waals surface area contributed by atoms with E-state index in [1.54, 1.807) is 13.8 Å². The Bertz CT molecular complexity index is 260. The van der Waals surface area contributed by atoms with Gasteiger partial charge >= 0.3 is 5.97 Å². The van der Waals surface area contributed by atoms with Gasteiger partial charge in [0.25, 0.3) is 0 Å². The minimum atomic E-state index is -0.506. The van der Waals surface area contributed by atoms with Crippen LogP contribution >= 0.6 is 0 Å². The van der Waals surface area contributed by atoms with Crippen molar-refractivity contribution in [3.63, 3.8) is 0 Å². The number of hydrazone groups is 1. The topological polar surface area (TPSA) is 67.8 Å². The molecule has 0 saturated heterocycles. The fourth-order valence-corrected chi connectivity index (χ4v) is 1.10. The summed E-state index contributed by atoms with van der Waals surface area (Å²) in [5.41, 5.74) is 2.90. The lowest BCUT2D eigenvalue weighted by Crippen LogP contribution is -2.36. The van der Waals surface area contributed by atoms with Crippen molar-refractivity contribution in [2.75, 3.05) is 6.61 Å². The van der Waals surface area contributed by atoms with Crippen molar-refractivity contribution in [1.29, 1.82) is 0 Å². The van der Waals surface area contributed by atoms with Crippen molar-refractivity contribution >= 4 is 17.6 Å². The molecule has 1 N–H and O–H groups in total. The first-order valence-electron chi connectivity index (χ1n) is 4.14. The Hall–Kier alpha value is -1.39. The predicted molar refractivity (Wildman–Crippen MR) is 46.0 cm³/mol. The molecule has 0 fully saturated rings. The van der Waals surface area contributed by atoms with Crippen LogP contribution in [0.2, 0.25) is 0 Å². The number of hydrogen-bond acceptors (Lipinski definition) is 4. The Kier molecular flexibility index (Phi) is 3.00. The summed E-state index contributed by atoms with van der Waals surface area (Å²) < 4.78 is 4.80. The quantitative estimate of drug-likeness (QED) is 0.617. The van der Waals surface area contributed by atoms with Crippen molar-refractivity contribution in [3.8, 4) is 0 Å². The summed E-state index contributed by atoms with van der Waals surface area (Å²) in [4.78, 5) is 22.2. The molecule has 0 radical (unpaired) electrons. The summed E-state index contributed by atoms with van der Waals surface area (Å²) >= 11 is 0. The van der Waals surface area contributed by atoms with Gasteiger partial charge in [0.05, 0.1) is 6.61 Å². The normalized spacial score (nSPS) is 21.8. The van der Waals surface area contributed by atoms with Crippen molar-refractivity contribution < 1.29 is 14.3 Å². The van der Waals surface area contributed by atoms with E-state index >= 15 is 0 Å². The highest BCUT2D eigenvalue weighted by molar-refractivity contribution is 6.05. The van der Waals surface area contributed by atoms with E-state index in [2.05, 4.69) is 10.5 Å². The standard InChI is InChI=1S/C8H12N2O3/c1-3-13-8(12)6-4-7(11)10-9-5(6)2/h6H,3-4H2,1-2H3,(H,10,11). The minimum Gasteiger partial charge on any atom is -0.465 e. The van der Waals surface area contributed by atoms with E-state index in [-0.39, 0.29) is 18.3 Å². The molecule has 0 saturated carbocycles. The fraction of sp³-hybridized carbons (Fsp3) is 0.625. The lowest BCUT2D eigenvalue weighted by atomic mass is 9.99. The van der Waals surface area contributed by atoms with Crippen LogP contribution in [-0.4, -0.2) is 24.2 Å². The summed E-state index contributed by atoms with van der Waals surface area (Å²) in [6.45, 7) is 3.75. The number of amides is 1. The van der Waals surface area contributed by atoms with Gasteiger partial charge in [0.15, 0.2) is 0 Å². The molecular weight excluding hydrogens is 172 g/mol. The molecule has 1 heterocycles. The SMILES string of the molecule is CCOC(=O)C1CC(=O)NN=C1C. The van der Waals surface area contributed by atoms with E-state index in [0.29, 0.717) is 12.3 Å². The number of rotatable bonds is 2. The summed E-state index contributed by atoms with van der Waals surface area (Å²) in [5.74, 6) is -1.13. The first-order valence-corrected chi connectivity index (χ1v) is 4.14. The number of esters is 1. The number of ether oxygens (including phenoxy) is 1. The molecule has 1 aliphatic rings. The summed E-state index contributed by atoms with van der Waals surface area (Å²) in [5, 5.41) is 3.71. The summed E-state index contributed by atoms with van der Waals surface area (Å²) in [6.07, 6.45) is 0.133. The zero-order chi connectivity index (χ0) is 9.84. The molecule has 72 valence electrons. The maximum absolute atomic E-state index is 11.3. The second-order valence-electron chi connectivity index (χ2n) is 2.80. The van der Waals surface area contributed by atoms with Crippen molar-refractivity contribution in [3.05, 3.63) is 0 Å². The summed E-state index contributed by atoms with van der Waals surface area (Å²) in [7, 11) is 0. The largest absolute Gasteiger partial charge is 0.465 e. The third-order valence-corrected chi connectivity index (χ3v) is 1.82. The molecule has 1 unspecified atom stereocenters. The molecular formula is C8H12N2O3. The first kappa shape index (κ1) is 9.70. The minimum absolute atomic E-state index is 0.133. The van der Waals surface area contributed by atoms with Crippen LogP contribution < -0.4 is 5.43 Å². The molecule has 1 rings (SSSR count). The Labute approximate surface area is 76.1 Å². The lowest BCUT2D eigenvalue weighted by molar-refractivity contribution is -0.147. The van der Waals surface area contributed by atoms with Gasteiger partial charge in [0, 0.05) is 12.1 Å². The predicted octanol–water partition coefficient (Wildman–Crippen LogP) is 0.0615. The van der Waals surface area contributed by atoms with Gasteiger partial charge in [-0.25, -0.2) is 5.43 Å². The molecule has 0 aromatic rings. The highest BCUT2D eigenvalue weighted by Crippen LogP contribution is 2.11. The van der Waals surface area contributed by atoms with Crippen LogP contribution in [0.4, 0.5) is 0 Å². The van der Waals surface area contributed by atoms with Gasteiger partial charge in [-0.2, -0.15) is 5.10 Å². The summed E-state index contributed by atoms with van der Waals surface area (Å²) in [6, 6.07) is 0. The Morgan fingerprint density at radius 2 is 2.46 bits per heavy atom. The second-order valence-corrected chi connectivity index (χ2v) is 2.80. The molecule has 1 atom stereocenters. The van der Waals surface area contributed by atoms with Crippen LogP contribution in [0.3, 0.4) is 0 Å². The van der Waals surface area contributed by atoms with E-state index in [1.165, 1.54) is 0 Å². The van der Waals surface area contributed by atoms with Gasteiger partial charge in [-0.3, -0.25) is 9.59 Å². The van der Waals surface area contributed by atoms with E-state index < -0.39 is 5.92 Å². The molecule has 5 heteroatoms. The Morgan fingerprint density at radius 1 is 1.77 bits per heavy atom. The van der Waals surface area contributed by atoms with E-state index in [0.717, 1.165) is 0 Å². The number of carbonyl (C=O) groups excluding carboxylic acids is 2. The monoisotopic (exact) mass is 184 g/mol. The van der Waals surface area contributed by atoms with Gasteiger partial charge in [0.2, 0.25) is 5.91 Å².